The SMILES string of the molecule is CCCCCCC/C=C/C(=O)N(C)C(=O)CCC(N)C(=O)O. The van der Waals surface area contributed by atoms with E-state index in [2.05, 4.69) is 6.92 Å². The van der Waals surface area contributed by atoms with E-state index in [1.54, 1.807) is 6.08 Å². The van der Waals surface area contributed by atoms with Gasteiger partial charge in [-0.1, -0.05) is 38.7 Å². The number of rotatable bonds is 11. The van der Waals surface area contributed by atoms with Gasteiger partial charge in [0.1, 0.15) is 6.04 Å². The molecule has 6 heteroatoms. The maximum Gasteiger partial charge on any atom is 0.320 e. The van der Waals surface area contributed by atoms with Crippen molar-refractivity contribution in [2.45, 2.75) is 64.3 Å². The van der Waals surface area contributed by atoms with Crippen LogP contribution in [0.1, 0.15) is 58.3 Å². The number of aliphatic carboxylic acids is 1. The number of unbranched alkanes of at least 4 members (excludes halogenated alkanes) is 5. The molecule has 0 saturated heterocycles. The minimum Gasteiger partial charge on any atom is -0.480 e. The van der Waals surface area contributed by atoms with Crippen LogP contribution >= 0.6 is 0 Å². The lowest BCUT2D eigenvalue weighted by atomic mass is 10.1. The summed E-state index contributed by atoms with van der Waals surface area (Å²) >= 11 is 0. The quantitative estimate of drug-likeness (QED) is 0.449. The van der Waals surface area contributed by atoms with Crippen LogP contribution in [0, 0.1) is 0 Å². The third-order valence-electron chi connectivity index (χ3n) is 3.43. The lowest BCUT2D eigenvalue weighted by molar-refractivity contribution is -0.140. The van der Waals surface area contributed by atoms with Gasteiger partial charge in [-0.2, -0.15) is 0 Å². The van der Waals surface area contributed by atoms with Crippen LogP contribution in [0.25, 0.3) is 0 Å². The number of amides is 2. The summed E-state index contributed by atoms with van der Waals surface area (Å²) in [5, 5.41) is 8.64. The summed E-state index contributed by atoms with van der Waals surface area (Å²) in [7, 11) is 1.39. The molecule has 0 aliphatic rings. The molecule has 0 saturated carbocycles. The second kappa shape index (κ2) is 11.9. The van der Waals surface area contributed by atoms with Crippen LogP contribution < -0.4 is 5.73 Å². The molecule has 6 nitrogen and oxygen atoms in total. The van der Waals surface area contributed by atoms with E-state index in [4.69, 9.17) is 10.8 Å². The number of carbonyl (C=O) groups is 3. The van der Waals surface area contributed by atoms with Gasteiger partial charge >= 0.3 is 5.97 Å². The number of nitrogens with two attached hydrogens (primary N) is 1. The van der Waals surface area contributed by atoms with Crippen LogP contribution in [0.3, 0.4) is 0 Å². The number of hydrogen-bond donors (Lipinski definition) is 2. The average Bonchev–Trinajstić information content (AvgIpc) is 2.50. The molecule has 0 aromatic carbocycles. The highest BCUT2D eigenvalue weighted by molar-refractivity contribution is 6.00. The third kappa shape index (κ3) is 9.28. The Kier molecular flexibility index (Phi) is 11.0. The molecule has 0 radical (unpaired) electrons. The largest absolute Gasteiger partial charge is 0.480 e. The minimum atomic E-state index is -1.15. The first-order chi connectivity index (χ1) is 10.4. The Morgan fingerprint density at radius 1 is 1.18 bits per heavy atom. The first-order valence-electron chi connectivity index (χ1n) is 7.85. The zero-order valence-electron chi connectivity index (χ0n) is 13.6. The number of nitrogens with zero attached hydrogens (tertiary/aromatic N) is 1. The summed E-state index contributed by atoms with van der Waals surface area (Å²) in [6, 6.07) is -1.08. The maximum absolute atomic E-state index is 11.8. The number of allylic oxidation sites excluding steroid dienone is 1. The Morgan fingerprint density at radius 3 is 2.41 bits per heavy atom. The molecule has 0 bridgehead atoms. The zero-order chi connectivity index (χ0) is 17.0. The van der Waals surface area contributed by atoms with Crippen molar-refractivity contribution in [2.75, 3.05) is 7.05 Å². The molecule has 0 heterocycles. The minimum absolute atomic E-state index is 0.0208. The molecule has 0 aliphatic carbocycles. The van der Waals surface area contributed by atoms with Crippen molar-refractivity contribution in [1.29, 1.82) is 0 Å². The molecule has 1 atom stereocenters. The smallest absolute Gasteiger partial charge is 0.320 e. The predicted molar refractivity (Wildman–Crippen MR) is 85.1 cm³/mol. The normalized spacial score (nSPS) is 12.3. The van der Waals surface area contributed by atoms with E-state index >= 15 is 0 Å². The monoisotopic (exact) mass is 312 g/mol. The van der Waals surface area contributed by atoms with Crippen molar-refractivity contribution in [2.24, 2.45) is 5.73 Å². The lowest BCUT2D eigenvalue weighted by Crippen LogP contribution is -2.35. The number of likely N-dealkylation sites (N-methyl/N-ethyl adjacent to an activating group) is 1. The van der Waals surface area contributed by atoms with Gasteiger partial charge in [-0.15, -0.1) is 0 Å². The van der Waals surface area contributed by atoms with Crippen molar-refractivity contribution in [1.82, 2.24) is 4.90 Å². The molecule has 3 N–H and O–H groups in total. The van der Waals surface area contributed by atoms with Gasteiger partial charge in [-0.25, -0.2) is 0 Å². The predicted octanol–water partition coefficient (Wildman–Crippen LogP) is 2.08. The van der Waals surface area contributed by atoms with Crippen molar-refractivity contribution in [3.8, 4) is 0 Å². The van der Waals surface area contributed by atoms with Gasteiger partial charge in [-0.05, 0) is 25.3 Å². The fraction of sp³-hybridized carbons (Fsp3) is 0.688. The number of hydrogen-bond acceptors (Lipinski definition) is 4. The molecule has 0 rings (SSSR count). The van der Waals surface area contributed by atoms with Crippen molar-refractivity contribution < 1.29 is 19.5 Å². The molecule has 0 aromatic heterocycles. The molecule has 2 amide bonds. The summed E-state index contributed by atoms with van der Waals surface area (Å²) in [6.07, 6.45) is 9.79. The number of imide groups is 1. The van der Waals surface area contributed by atoms with Gasteiger partial charge in [0.25, 0.3) is 5.91 Å². The summed E-state index contributed by atoms with van der Waals surface area (Å²) in [5.74, 6) is -1.96. The van der Waals surface area contributed by atoms with Gasteiger partial charge in [0, 0.05) is 13.5 Å². The fourth-order valence-corrected chi connectivity index (χ4v) is 1.85. The molecule has 22 heavy (non-hydrogen) atoms. The highest BCUT2D eigenvalue weighted by Gasteiger charge is 2.18. The molecular formula is C16H28N2O4. The summed E-state index contributed by atoms with van der Waals surface area (Å²) in [5.41, 5.74) is 5.32. The number of carboxylic acid groups (broad SMARTS) is 1. The van der Waals surface area contributed by atoms with Gasteiger partial charge in [0.2, 0.25) is 5.91 Å². The first kappa shape index (κ1) is 20.3. The van der Waals surface area contributed by atoms with E-state index in [0.29, 0.717) is 0 Å². The third-order valence-corrected chi connectivity index (χ3v) is 3.43. The van der Waals surface area contributed by atoms with Crippen molar-refractivity contribution >= 4 is 17.8 Å². The van der Waals surface area contributed by atoms with E-state index in [0.717, 1.165) is 24.2 Å². The number of carboxylic acids is 1. The highest BCUT2D eigenvalue weighted by atomic mass is 16.4. The Balaban J connectivity index is 3.98. The topological polar surface area (TPSA) is 101 Å². The molecule has 0 aliphatic heterocycles. The Morgan fingerprint density at radius 2 is 1.82 bits per heavy atom. The lowest BCUT2D eigenvalue weighted by Gasteiger charge is -2.14. The van der Waals surface area contributed by atoms with Gasteiger partial charge in [0.15, 0.2) is 0 Å². The van der Waals surface area contributed by atoms with Crippen LogP contribution in [0.4, 0.5) is 0 Å². The van der Waals surface area contributed by atoms with Crippen LogP contribution in [0.5, 0.6) is 0 Å². The molecule has 1 unspecified atom stereocenters. The second-order valence-electron chi connectivity index (χ2n) is 5.38. The average molecular weight is 312 g/mol. The van der Waals surface area contributed by atoms with Gasteiger partial charge < -0.3 is 10.8 Å². The van der Waals surface area contributed by atoms with Crippen molar-refractivity contribution in [3.05, 3.63) is 12.2 Å². The molecule has 0 spiro atoms. The molecule has 0 fully saturated rings. The second-order valence-corrected chi connectivity index (χ2v) is 5.38. The zero-order valence-corrected chi connectivity index (χ0v) is 13.6. The fourth-order valence-electron chi connectivity index (χ4n) is 1.85. The number of carbonyl (C=O) groups excluding carboxylic acids is 2. The molecule has 126 valence electrons. The van der Waals surface area contributed by atoms with Crippen LogP contribution in [-0.4, -0.2) is 40.9 Å². The Labute approximate surface area is 132 Å². The van der Waals surface area contributed by atoms with E-state index in [-0.39, 0.29) is 18.7 Å². The Bertz CT molecular complexity index is 394. The highest BCUT2D eigenvalue weighted by Crippen LogP contribution is 2.06. The van der Waals surface area contributed by atoms with Crippen LogP contribution in [-0.2, 0) is 14.4 Å². The van der Waals surface area contributed by atoms with E-state index < -0.39 is 17.9 Å². The Hall–Kier alpha value is -1.69. The van der Waals surface area contributed by atoms with Gasteiger partial charge in [0.05, 0.1) is 0 Å². The van der Waals surface area contributed by atoms with Crippen molar-refractivity contribution in [3.63, 3.8) is 0 Å². The van der Waals surface area contributed by atoms with Crippen LogP contribution in [0.15, 0.2) is 12.2 Å². The maximum atomic E-state index is 11.8. The van der Waals surface area contributed by atoms with Crippen LogP contribution in [0.2, 0.25) is 0 Å². The molecular weight excluding hydrogens is 284 g/mol. The van der Waals surface area contributed by atoms with E-state index in [1.165, 1.54) is 32.4 Å². The molecule has 0 aromatic rings. The van der Waals surface area contributed by atoms with E-state index in [9.17, 15) is 14.4 Å². The van der Waals surface area contributed by atoms with E-state index in [1.807, 2.05) is 0 Å². The standard InChI is InChI=1S/C16H28N2O4/c1-3-4-5-6-7-8-9-10-14(19)18(2)15(20)12-11-13(17)16(21)22/h9-10,13H,3-8,11-12,17H2,1-2H3,(H,21,22)/b10-9+. The first-order valence-corrected chi connectivity index (χ1v) is 7.85. The summed E-state index contributed by atoms with van der Waals surface area (Å²) < 4.78 is 0. The summed E-state index contributed by atoms with van der Waals surface area (Å²) in [4.78, 5) is 35.1. The van der Waals surface area contributed by atoms with Gasteiger partial charge in [-0.3, -0.25) is 19.3 Å². The summed E-state index contributed by atoms with van der Waals surface area (Å²) in [6.45, 7) is 2.16.